The first-order valence-electron chi connectivity index (χ1n) is 5.91. The molecule has 0 unspecified atom stereocenters. The van der Waals surface area contributed by atoms with E-state index >= 15 is 0 Å². The molecule has 0 fully saturated rings. The second-order valence-corrected chi connectivity index (χ2v) is 5.36. The predicted molar refractivity (Wildman–Crippen MR) is 74.1 cm³/mol. The van der Waals surface area contributed by atoms with E-state index in [2.05, 4.69) is 34.3 Å². The summed E-state index contributed by atoms with van der Waals surface area (Å²) in [4.78, 5) is 8.34. The third-order valence-electron chi connectivity index (χ3n) is 2.32. The van der Waals surface area contributed by atoms with Crippen LogP contribution in [0.4, 0.5) is 0 Å². The summed E-state index contributed by atoms with van der Waals surface area (Å²) in [6, 6.07) is 1.60. The molecular formula is C12H14Cl2N4O. The zero-order chi connectivity index (χ0) is 13.8. The summed E-state index contributed by atoms with van der Waals surface area (Å²) < 4.78 is 5.13. The van der Waals surface area contributed by atoms with Crippen LogP contribution in [-0.2, 0) is 6.54 Å². The molecule has 0 aromatic carbocycles. The van der Waals surface area contributed by atoms with Gasteiger partial charge in [-0.15, -0.1) is 0 Å². The van der Waals surface area contributed by atoms with Gasteiger partial charge in [0, 0.05) is 6.20 Å². The normalized spacial score (nSPS) is 11.2. The largest absolute Gasteiger partial charge is 0.337 e. The summed E-state index contributed by atoms with van der Waals surface area (Å²) in [6.45, 7) is 5.67. The predicted octanol–water partition coefficient (Wildman–Crippen LogP) is 3.18. The van der Waals surface area contributed by atoms with Crippen LogP contribution in [0.15, 0.2) is 16.8 Å². The molecule has 2 aromatic rings. The number of rotatable bonds is 5. The first kappa shape index (κ1) is 14.2. The van der Waals surface area contributed by atoms with E-state index in [4.69, 9.17) is 27.7 Å². The molecule has 2 rings (SSSR count). The van der Waals surface area contributed by atoms with E-state index in [0.717, 1.165) is 6.54 Å². The first-order valence-corrected chi connectivity index (χ1v) is 6.66. The SMILES string of the molecule is CC(C)CNCc1nc(-c2ncc(Cl)cc2Cl)no1. The van der Waals surface area contributed by atoms with E-state index in [1.54, 1.807) is 6.07 Å². The minimum Gasteiger partial charge on any atom is -0.337 e. The van der Waals surface area contributed by atoms with Crippen molar-refractivity contribution in [3.63, 3.8) is 0 Å². The third-order valence-corrected chi connectivity index (χ3v) is 2.81. The fraction of sp³-hybridized carbons (Fsp3) is 0.417. The summed E-state index contributed by atoms with van der Waals surface area (Å²) in [5, 5.41) is 7.94. The van der Waals surface area contributed by atoms with Gasteiger partial charge in [0.15, 0.2) is 0 Å². The van der Waals surface area contributed by atoms with Gasteiger partial charge < -0.3 is 9.84 Å². The van der Waals surface area contributed by atoms with Gasteiger partial charge in [0.05, 0.1) is 16.6 Å². The first-order chi connectivity index (χ1) is 9.06. The highest BCUT2D eigenvalue weighted by molar-refractivity contribution is 6.35. The number of hydrogen-bond acceptors (Lipinski definition) is 5. The van der Waals surface area contributed by atoms with Crippen LogP contribution >= 0.6 is 23.2 Å². The van der Waals surface area contributed by atoms with Gasteiger partial charge in [-0.1, -0.05) is 42.2 Å². The molecule has 19 heavy (non-hydrogen) atoms. The molecule has 2 heterocycles. The number of aromatic nitrogens is 3. The number of hydrogen-bond donors (Lipinski definition) is 1. The van der Waals surface area contributed by atoms with E-state index in [1.807, 2.05) is 0 Å². The molecule has 7 heteroatoms. The summed E-state index contributed by atoms with van der Waals surface area (Å²) in [6.07, 6.45) is 1.50. The quantitative estimate of drug-likeness (QED) is 0.919. The minimum atomic E-state index is 0.364. The van der Waals surface area contributed by atoms with Crippen molar-refractivity contribution in [2.24, 2.45) is 5.92 Å². The molecule has 0 spiro atoms. The summed E-state index contributed by atoms with van der Waals surface area (Å²) in [7, 11) is 0. The number of nitrogens with zero attached hydrogens (tertiary/aromatic N) is 3. The Hall–Kier alpha value is -1.17. The lowest BCUT2D eigenvalue weighted by Crippen LogP contribution is -2.19. The molecule has 0 aliphatic heterocycles. The Kier molecular flexibility index (Phi) is 4.74. The van der Waals surface area contributed by atoms with Crippen molar-refractivity contribution in [1.82, 2.24) is 20.4 Å². The molecule has 0 amide bonds. The molecule has 0 aliphatic rings. The smallest absolute Gasteiger partial charge is 0.240 e. The lowest BCUT2D eigenvalue weighted by Gasteiger charge is -2.03. The second kappa shape index (κ2) is 6.32. The Morgan fingerprint density at radius 1 is 1.37 bits per heavy atom. The Morgan fingerprint density at radius 3 is 2.84 bits per heavy atom. The molecule has 0 bridgehead atoms. The van der Waals surface area contributed by atoms with Crippen molar-refractivity contribution in [3.05, 3.63) is 28.2 Å². The molecule has 0 aliphatic carbocycles. The third kappa shape index (κ3) is 3.89. The monoisotopic (exact) mass is 300 g/mol. The molecular weight excluding hydrogens is 287 g/mol. The van der Waals surface area contributed by atoms with Crippen LogP contribution in [-0.4, -0.2) is 21.7 Å². The van der Waals surface area contributed by atoms with Crippen LogP contribution in [0.2, 0.25) is 10.0 Å². The highest BCUT2D eigenvalue weighted by Crippen LogP contribution is 2.25. The van der Waals surface area contributed by atoms with Gasteiger partial charge in [-0.3, -0.25) is 0 Å². The standard InChI is InChI=1S/C12H14Cl2N4O/c1-7(2)4-15-6-10-17-12(18-19-10)11-9(14)3-8(13)5-16-11/h3,5,7,15H,4,6H2,1-2H3. The molecule has 0 saturated carbocycles. The van der Waals surface area contributed by atoms with E-state index < -0.39 is 0 Å². The minimum absolute atomic E-state index is 0.364. The number of pyridine rings is 1. The van der Waals surface area contributed by atoms with Crippen molar-refractivity contribution in [3.8, 4) is 11.5 Å². The Bertz CT molecular complexity index is 556. The van der Waals surface area contributed by atoms with Crippen LogP contribution in [0.5, 0.6) is 0 Å². The zero-order valence-electron chi connectivity index (χ0n) is 10.7. The highest BCUT2D eigenvalue weighted by Gasteiger charge is 2.13. The number of nitrogens with one attached hydrogen (secondary N) is 1. The maximum absolute atomic E-state index is 6.03. The van der Waals surface area contributed by atoms with E-state index in [-0.39, 0.29) is 0 Å². The van der Waals surface area contributed by atoms with Crippen molar-refractivity contribution >= 4 is 23.2 Å². The van der Waals surface area contributed by atoms with Gasteiger partial charge >= 0.3 is 0 Å². The van der Waals surface area contributed by atoms with Gasteiger partial charge in [-0.25, -0.2) is 4.98 Å². The van der Waals surface area contributed by atoms with Crippen LogP contribution in [0.3, 0.4) is 0 Å². The summed E-state index contributed by atoms with van der Waals surface area (Å²) >= 11 is 11.8. The maximum atomic E-state index is 6.03. The van der Waals surface area contributed by atoms with E-state index in [0.29, 0.717) is 39.9 Å². The van der Waals surface area contributed by atoms with Crippen molar-refractivity contribution in [2.75, 3.05) is 6.54 Å². The molecule has 1 N–H and O–H groups in total. The average Bonchev–Trinajstić information content (AvgIpc) is 2.77. The van der Waals surface area contributed by atoms with Gasteiger partial charge in [-0.05, 0) is 18.5 Å². The lowest BCUT2D eigenvalue weighted by molar-refractivity contribution is 0.364. The Labute approximate surface area is 121 Å². The number of halogens is 2. The molecule has 0 atom stereocenters. The molecule has 0 saturated heterocycles. The maximum Gasteiger partial charge on any atom is 0.240 e. The Balaban J connectivity index is 2.08. The molecule has 2 aromatic heterocycles. The fourth-order valence-corrected chi connectivity index (χ4v) is 1.93. The molecule has 0 radical (unpaired) electrons. The zero-order valence-corrected chi connectivity index (χ0v) is 12.2. The van der Waals surface area contributed by atoms with Gasteiger partial charge in [0.25, 0.3) is 0 Å². The second-order valence-electron chi connectivity index (χ2n) is 4.52. The lowest BCUT2D eigenvalue weighted by atomic mass is 10.2. The van der Waals surface area contributed by atoms with Crippen LogP contribution in [0.1, 0.15) is 19.7 Å². The highest BCUT2D eigenvalue weighted by atomic mass is 35.5. The summed E-state index contributed by atoms with van der Waals surface area (Å²) in [5.41, 5.74) is 0.463. The van der Waals surface area contributed by atoms with Crippen LogP contribution in [0.25, 0.3) is 11.5 Å². The topological polar surface area (TPSA) is 63.8 Å². The average molecular weight is 301 g/mol. The van der Waals surface area contributed by atoms with Gasteiger partial charge in [-0.2, -0.15) is 4.98 Å². The summed E-state index contributed by atoms with van der Waals surface area (Å²) in [5.74, 6) is 1.43. The fourth-order valence-electron chi connectivity index (χ4n) is 1.47. The molecule has 5 nitrogen and oxygen atoms in total. The van der Waals surface area contributed by atoms with Gasteiger partial charge in [0.2, 0.25) is 11.7 Å². The van der Waals surface area contributed by atoms with Crippen LogP contribution < -0.4 is 5.32 Å². The van der Waals surface area contributed by atoms with Crippen LogP contribution in [0, 0.1) is 5.92 Å². The van der Waals surface area contributed by atoms with Crippen molar-refractivity contribution in [2.45, 2.75) is 20.4 Å². The molecule has 102 valence electrons. The van der Waals surface area contributed by atoms with Crippen molar-refractivity contribution in [1.29, 1.82) is 0 Å². The van der Waals surface area contributed by atoms with E-state index in [1.165, 1.54) is 6.20 Å². The van der Waals surface area contributed by atoms with E-state index in [9.17, 15) is 0 Å². The Morgan fingerprint density at radius 2 is 2.16 bits per heavy atom. The van der Waals surface area contributed by atoms with Gasteiger partial charge in [0.1, 0.15) is 5.69 Å². The van der Waals surface area contributed by atoms with Crippen molar-refractivity contribution < 1.29 is 4.52 Å².